The Morgan fingerprint density at radius 3 is 2.32 bits per heavy atom. The molecule has 3 rings (SSSR count). The van der Waals surface area contributed by atoms with E-state index in [1.165, 1.54) is 28.3 Å². The molecule has 31 heavy (non-hydrogen) atoms. The van der Waals surface area contributed by atoms with Crippen LogP contribution in [-0.2, 0) is 27.7 Å². The first-order chi connectivity index (χ1) is 14.6. The average Bonchev–Trinajstić information content (AvgIpc) is 2.73. The Morgan fingerprint density at radius 1 is 1.03 bits per heavy atom. The summed E-state index contributed by atoms with van der Waals surface area (Å²) in [6.45, 7) is 7.59. The molecule has 2 atom stereocenters. The second kappa shape index (κ2) is 9.43. The van der Waals surface area contributed by atoms with Gasteiger partial charge in [-0.15, -0.1) is 0 Å². The van der Waals surface area contributed by atoms with Gasteiger partial charge in [0, 0.05) is 0 Å². The molecule has 0 radical (unpaired) electrons. The van der Waals surface area contributed by atoms with Gasteiger partial charge in [-0.25, -0.2) is 8.42 Å². The summed E-state index contributed by atoms with van der Waals surface area (Å²) in [5.41, 5.74) is 6.43. The molecule has 0 saturated heterocycles. The molecule has 0 fully saturated rings. The van der Waals surface area contributed by atoms with Crippen molar-refractivity contribution in [2.45, 2.75) is 71.9 Å². The Hall–Kier alpha value is -2.34. The monoisotopic (exact) mass is 442 g/mol. The Kier molecular flexibility index (Phi) is 7.10. The normalized spacial score (nSPS) is 15.6. The zero-order valence-electron chi connectivity index (χ0n) is 19.2. The number of hydrogen-bond acceptors (Lipinski definition) is 3. The van der Waals surface area contributed by atoms with Gasteiger partial charge in [-0.2, -0.15) is 0 Å². The van der Waals surface area contributed by atoms with Gasteiger partial charge >= 0.3 is 0 Å². The van der Waals surface area contributed by atoms with E-state index < -0.39 is 16.1 Å². The van der Waals surface area contributed by atoms with Crippen molar-refractivity contribution in [1.82, 2.24) is 5.32 Å². The second-order valence-electron chi connectivity index (χ2n) is 8.71. The van der Waals surface area contributed by atoms with Gasteiger partial charge in [-0.1, -0.05) is 31.2 Å². The summed E-state index contributed by atoms with van der Waals surface area (Å²) in [7, 11) is -3.64. The topological polar surface area (TPSA) is 66.5 Å². The first kappa shape index (κ1) is 23.3. The molecule has 0 aliphatic heterocycles. The number of rotatable bonds is 7. The van der Waals surface area contributed by atoms with Crippen molar-refractivity contribution in [2.75, 3.05) is 10.6 Å². The largest absolute Gasteiger partial charge is 0.347 e. The van der Waals surface area contributed by atoms with Crippen molar-refractivity contribution >= 4 is 21.6 Å². The minimum atomic E-state index is -3.64. The summed E-state index contributed by atoms with van der Waals surface area (Å²) in [4.78, 5) is 13.2. The predicted molar refractivity (Wildman–Crippen MR) is 127 cm³/mol. The van der Waals surface area contributed by atoms with Crippen molar-refractivity contribution in [3.05, 3.63) is 64.2 Å². The van der Waals surface area contributed by atoms with Crippen LogP contribution in [0.15, 0.2) is 36.4 Å². The molecule has 0 aromatic heterocycles. The maximum absolute atomic E-state index is 13.2. The zero-order chi connectivity index (χ0) is 22.8. The highest BCUT2D eigenvalue weighted by molar-refractivity contribution is 7.92. The molecule has 0 saturated carbocycles. The first-order valence-corrected chi connectivity index (χ1v) is 13.0. The van der Waals surface area contributed by atoms with E-state index in [-0.39, 0.29) is 11.9 Å². The van der Waals surface area contributed by atoms with Gasteiger partial charge in [0.15, 0.2) is 0 Å². The number of anilines is 1. The average molecular weight is 443 g/mol. The SMILES string of the molecule is CCC(NC(=O)C(C)N(c1ccc(C)c(C)c1)S(C)(=O)=O)c1ccc2c(c1)CCCC2. The molecule has 5 nitrogen and oxygen atoms in total. The number of amides is 1. The van der Waals surface area contributed by atoms with E-state index in [0.29, 0.717) is 5.69 Å². The lowest BCUT2D eigenvalue weighted by molar-refractivity contribution is -0.122. The fourth-order valence-corrected chi connectivity index (χ4v) is 5.52. The Labute approximate surface area is 186 Å². The molecule has 1 N–H and O–H groups in total. The minimum absolute atomic E-state index is 0.150. The summed E-state index contributed by atoms with van der Waals surface area (Å²) in [5, 5.41) is 3.09. The van der Waals surface area contributed by atoms with Gasteiger partial charge in [0.2, 0.25) is 15.9 Å². The molecule has 2 aromatic carbocycles. The fraction of sp³-hybridized carbons (Fsp3) is 0.480. The van der Waals surface area contributed by atoms with E-state index in [1.54, 1.807) is 13.0 Å². The molecule has 1 aliphatic rings. The van der Waals surface area contributed by atoms with Gasteiger partial charge in [-0.3, -0.25) is 9.10 Å². The summed E-state index contributed by atoms with van der Waals surface area (Å²) in [6, 6.07) is 10.9. The van der Waals surface area contributed by atoms with Gasteiger partial charge in [0.1, 0.15) is 6.04 Å². The number of benzene rings is 2. The highest BCUT2D eigenvalue weighted by Crippen LogP contribution is 2.27. The molecule has 2 unspecified atom stereocenters. The van der Waals surface area contributed by atoms with Crippen LogP contribution < -0.4 is 9.62 Å². The lowest BCUT2D eigenvalue weighted by Crippen LogP contribution is -2.48. The number of fused-ring (bicyclic) bond motifs is 1. The van der Waals surface area contributed by atoms with Crippen molar-refractivity contribution in [3.8, 4) is 0 Å². The van der Waals surface area contributed by atoms with Crippen LogP contribution in [-0.4, -0.2) is 26.6 Å². The Balaban J connectivity index is 1.84. The number of aryl methyl sites for hydroxylation is 4. The fourth-order valence-electron chi connectivity index (χ4n) is 4.36. The van der Waals surface area contributed by atoms with Crippen LogP contribution in [0.5, 0.6) is 0 Å². The third-order valence-corrected chi connectivity index (χ3v) is 7.57. The first-order valence-electron chi connectivity index (χ1n) is 11.1. The molecule has 0 spiro atoms. The van der Waals surface area contributed by atoms with E-state index in [0.717, 1.165) is 42.2 Å². The molecular weight excluding hydrogens is 408 g/mol. The van der Waals surface area contributed by atoms with E-state index in [4.69, 9.17) is 0 Å². The molecular formula is C25H34N2O3S. The molecule has 1 aliphatic carbocycles. The van der Waals surface area contributed by atoms with Crippen LogP contribution >= 0.6 is 0 Å². The van der Waals surface area contributed by atoms with E-state index >= 15 is 0 Å². The van der Waals surface area contributed by atoms with Crippen molar-refractivity contribution < 1.29 is 13.2 Å². The Bertz CT molecular complexity index is 1060. The van der Waals surface area contributed by atoms with Crippen molar-refractivity contribution in [1.29, 1.82) is 0 Å². The highest BCUT2D eigenvalue weighted by Gasteiger charge is 2.30. The predicted octanol–water partition coefficient (Wildman–Crippen LogP) is 4.60. The summed E-state index contributed by atoms with van der Waals surface area (Å²) >= 11 is 0. The van der Waals surface area contributed by atoms with E-state index in [9.17, 15) is 13.2 Å². The van der Waals surface area contributed by atoms with E-state index in [2.05, 4.69) is 23.5 Å². The lowest BCUT2D eigenvalue weighted by atomic mass is 9.88. The highest BCUT2D eigenvalue weighted by atomic mass is 32.2. The zero-order valence-corrected chi connectivity index (χ0v) is 20.1. The van der Waals surface area contributed by atoms with Crippen LogP contribution in [0.3, 0.4) is 0 Å². The number of sulfonamides is 1. The van der Waals surface area contributed by atoms with Gasteiger partial charge in [-0.05, 0) is 92.8 Å². The maximum atomic E-state index is 13.2. The maximum Gasteiger partial charge on any atom is 0.244 e. The number of nitrogens with one attached hydrogen (secondary N) is 1. The molecule has 168 valence electrons. The van der Waals surface area contributed by atoms with Crippen LogP contribution in [0, 0.1) is 13.8 Å². The smallest absolute Gasteiger partial charge is 0.244 e. The molecule has 6 heteroatoms. The lowest BCUT2D eigenvalue weighted by Gasteiger charge is -2.30. The number of carbonyl (C=O) groups is 1. The van der Waals surface area contributed by atoms with Crippen molar-refractivity contribution in [2.24, 2.45) is 0 Å². The molecule has 2 aromatic rings. The number of nitrogens with zero attached hydrogens (tertiary/aromatic N) is 1. The number of hydrogen-bond donors (Lipinski definition) is 1. The third kappa shape index (κ3) is 5.29. The summed E-state index contributed by atoms with van der Waals surface area (Å²) in [5.74, 6) is -0.298. The van der Waals surface area contributed by atoms with Gasteiger partial charge in [0.05, 0.1) is 18.0 Å². The summed E-state index contributed by atoms with van der Waals surface area (Å²) in [6.07, 6.45) is 6.52. The molecule has 0 bridgehead atoms. The van der Waals surface area contributed by atoms with Crippen LogP contribution in [0.25, 0.3) is 0 Å². The van der Waals surface area contributed by atoms with Gasteiger partial charge in [0.25, 0.3) is 0 Å². The van der Waals surface area contributed by atoms with Gasteiger partial charge < -0.3 is 5.32 Å². The quantitative estimate of drug-likeness (QED) is 0.681. The minimum Gasteiger partial charge on any atom is -0.347 e. The standard InChI is InChI=1S/C25H34N2O3S/c1-6-24(22-13-12-20-9-7-8-10-21(20)16-22)26-25(28)19(4)27(31(5,29)30)23-14-11-17(2)18(3)15-23/h11-16,19,24H,6-10H2,1-5H3,(H,26,28). The third-order valence-electron chi connectivity index (χ3n) is 6.33. The van der Waals surface area contributed by atoms with Crippen LogP contribution in [0.1, 0.15) is 67.0 Å². The Morgan fingerprint density at radius 2 is 1.71 bits per heavy atom. The second-order valence-corrected chi connectivity index (χ2v) is 10.6. The summed E-state index contributed by atoms with van der Waals surface area (Å²) < 4.78 is 26.4. The number of carbonyl (C=O) groups excluding carboxylic acids is 1. The van der Waals surface area contributed by atoms with E-state index in [1.807, 2.05) is 32.9 Å². The van der Waals surface area contributed by atoms with Crippen LogP contribution in [0.2, 0.25) is 0 Å². The van der Waals surface area contributed by atoms with Crippen LogP contribution in [0.4, 0.5) is 5.69 Å². The van der Waals surface area contributed by atoms with Crippen molar-refractivity contribution in [3.63, 3.8) is 0 Å². The molecule has 1 amide bonds. The molecule has 0 heterocycles.